The summed E-state index contributed by atoms with van der Waals surface area (Å²) in [5.74, 6) is -0.319. The molecule has 0 unspecified atom stereocenters. The first-order chi connectivity index (χ1) is 11.1. The molecule has 2 N–H and O–H groups in total. The SMILES string of the molecule is O=C(Nc1cc(C2OCCCO2)ccc1O)c1ccccc1Br. The largest absolute Gasteiger partial charge is 0.506 e. The summed E-state index contributed by atoms with van der Waals surface area (Å²) in [7, 11) is 0. The van der Waals surface area contributed by atoms with E-state index in [1.165, 1.54) is 6.07 Å². The zero-order valence-electron chi connectivity index (χ0n) is 12.3. The maximum absolute atomic E-state index is 12.4. The van der Waals surface area contributed by atoms with Crippen molar-refractivity contribution in [3.8, 4) is 5.75 Å². The van der Waals surface area contributed by atoms with Gasteiger partial charge in [0, 0.05) is 10.0 Å². The second-order valence-electron chi connectivity index (χ2n) is 5.14. The third-order valence-electron chi connectivity index (χ3n) is 3.49. The molecular formula is C17H16BrNO4. The number of halogens is 1. The van der Waals surface area contributed by atoms with Crippen LogP contribution in [0.2, 0.25) is 0 Å². The van der Waals surface area contributed by atoms with Gasteiger partial charge < -0.3 is 19.9 Å². The van der Waals surface area contributed by atoms with Crippen molar-refractivity contribution in [3.05, 3.63) is 58.1 Å². The van der Waals surface area contributed by atoms with Gasteiger partial charge in [-0.2, -0.15) is 0 Å². The molecule has 3 rings (SSSR count). The van der Waals surface area contributed by atoms with Crippen LogP contribution in [0.5, 0.6) is 5.75 Å². The molecule has 0 bridgehead atoms. The summed E-state index contributed by atoms with van der Waals surface area (Å²) in [5.41, 5.74) is 1.56. The Balaban J connectivity index is 1.82. The van der Waals surface area contributed by atoms with E-state index >= 15 is 0 Å². The maximum Gasteiger partial charge on any atom is 0.256 e. The van der Waals surface area contributed by atoms with Crippen molar-refractivity contribution in [3.63, 3.8) is 0 Å². The van der Waals surface area contributed by atoms with Crippen LogP contribution in [0.25, 0.3) is 0 Å². The number of ether oxygens (including phenoxy) is 2. The first-order valence-corrected chi connectivity index (χ1v) is 8.06. The Bertz CT molecular complexity index is 713. The molecule has 0 aliphatic carbocycles. The van der Waals surface area contributed by atoms with Crippen LogP contribution >= 0.6 is 15.9 Å². The minimum Gasteiger partial charge on any atom is -0.506 e. The van der Waals surface area contributed by atoms with E-state index in [4.69, 9.17) is 9.47 Å². The fourth-order valence-corrected chi connectivity index (χ4v) is 2.78. The quantitative estimate of drug-likeness (QED) is 0.797. The Morgan fingerprint density at radius 1 is 1.17 bits per heavy atom. The lowest BCUT2D eigenvalue weighted by Crippen LogP contribution is -2.18. The summed E-state index contributed by atoms with van der Waals surface area (Å²) in [4.78, 5) is 12.4. The van der Waals surface area contributed by atoms with E-state index in [1.54, 1.807) is 30.3 Å². The fraction of sp³-hybridized carbons (Fsp3) is 0.235. The number of nitrogens with one attached hydrogen (secondary N) is 1. The average Bonchev–Trinajstić information content (AvgIpc) is 2.58. The van der Waals surface area contributed by atoms with Gasteiger partial charge in [0.15, 0.2) is 6.29 Å². The molecule has 1 aliphatic rings. The molecule has 2 aromatic carbocycles. The summed E-state index contributed by atoms with van der Waals surface area (Å²) in [5, 5.41) is 12.7. The van der Waals surface area contributed by atoms with Gasteiger partial charge >= 0.3 is 0 Å². The number of anilines is 1. The number of rotatable bonds is 3. The molecule has 5 nitrogen and oxygen atoms in total. The first-order valence-electron chi connectivity index (χ1n) is 7.27. The number of hydrogen-bond donors (Lipinski definition) is 2. The lowest BCUT2D eigenvalue weighted by Gasteiger charge is -2.24. The van der Waals surface area contributed by atoms with E-state index in [9.17, 15) is 9.90 Å². The van der Waals surface area contributed by atoms with Crippen LogP contribution in [-0.4, -0.2) is 24.2 Å². The third-order valence-corrected chi connectivity index (χ3v) is 4.18. The van der Waals surface area contributed by atoms with Crippen molar-refractivity contribution < 1.29 is 19.4 Å². The summed E-state index contributed by atoms with van der Waals surface area (Å²) in [6, 6.07) is 12.0. The van der Waals surface area contributed by atoms with Crippen molar-refractivity contribution in [1.29, 1.82) is 0 Å². The molecule has 0 aromatic heterocycles. The first kappa shape index (κ1) is 16.0. The third kappa shape index (κ3) is 3.72. The van der Waals surface area contributed by atoms with Crippen LogP contribution in [-0.2, 0) is 9.47 Å². The zero-order valence-corrected chi connectivity index (χ0v) is 13.9. The molecule has 0 atom stereocenters. The molecular weight excluding hydrogens is 362 g/mol. The fourth-order valence-electron chi connectivity index (χ4n) is 2.32. The lowest BCUT2D eigenvalue weighted by atomic mass is 10.1. The van der Waals surface area contributed by atoms with Crippen molar-refractivity contribution >= 4 is 27.5 Å². The van der Waals surface area contributed by atoms with Crippen molar-refractivity contribution in [2.24, 2.45) is 0 Å². The Morgan fingerprint density at radius 3 is 2.65 bits per heavy atom. The van der Waals surface area contributed by atoms with Crippen molar-refractivity contribution in [2.75, 3.05) is 18.5 Å². The highest BCUT2D eigenvalue weighted by molar-refractivity contribution is 9.10. The summed E-state index contributed by atoms with van der Waals surface area (Å²) < 4.78 is 11.8. The second kappa shape index (κ2) is 7.12. The van der Waals surface area contributed by atoms with Gasteiger partial charge in [-0.15, -0.1) is 0 Å². The van der Waals surface area contributed by atoms with Gasteiger partial charge in [0.2, 0.25) is 0 Å². The molecule has 2 aromatic rings. The molecule has 6 heteroatoms. The zero-order chi connectivity index (χ0) is 16.2. The molecule has 0 radical (unpaired) electrons. The van der Waals surface area contributed by atoms with E-state index in [1.807, 2.05) is 6.07 Å². The summed E-state index contributed by atoms with van der Waals surface area (Å²) >= 11 is 3.34. The molecule has 1 amide bonds. The van der Waals surface area contributed by atoms with Crippen LogP contribution in [0.15, 0.2) is 46.9 Å². The molecule has 120 valence electrons. The topological polar surface area (TPSA) is 67.8 Å². The maximum atomic E-state index is 12.4. The highest BCUT2D eigenvalue weighted by Crippen LogP contribution is 2.31. The number of benzene rings is 2. The highest BCUT2D eigenvalue weighted by Gasteiger charge is 2.19. The number of phenols is 1. The number of carbonyl (C=O) groups excluding carboxylic acids is 1. The Labute approximate surface area is 142 Å². The van der Waals surface area contributed by atoms with Gasteiger partial charge in [-0.05, 0) is 46.6 Å². The standard InChI is InChI=1S/C17H16BrNO4/c18-13-5-2-1-4-12(13)16(21)19-14-10-11(6-7-15(14)20)17-22-8-3-9-23-17/h1-2,4-7,10,17,20H,3,8-9H2,(H,19,21). The van der Waals surface area contributed by atoms with Gasteiger partial charge in [-0.3, -0.25) is 4.79 Å². The van der Waals surface area contributed by atoms with Crippen LogP contribution in [0.3, 0.4) is 0 Å². The van der Waals surface area contributed by atoms with Crippen molar-refractivity contribution in [1.82, 2.24) is 0 Å². The summed E-state index contributed by atoms with van der Waals surface area (Å²) in [6.07, 6.45) is 0.392. The van der Waals surface area contributed by atoms with Crippen LogP contribution in [0.4, 0.5) is 5.69 Å². The lowest BCUT2D eigenvalue weighted by molar-refractivity contribution is -0.183. The molecule has 0 spiro atoms. The van der Waals surface area contributed by atoms with Crippen molar-refractivity contribution in [2.45, 2.75) is 12.7 Å². The normalized spacial score (nSPS) is 15.3. The number of amides is 1. The minimum absolute atomic E-state index is 0.00929. The Kier molecular flexibility index (Phi) is 4.95. The Morgan fingerprint density at radius 2 is 1.91 bits per heavy atom. The number of phenolic OH excluding ortho intramolecular Hbond substituents is 1. The predicted molar refractivity (Wildman–Crippen MR) is 89.5 cm³/mol. The van der Waals surface area contributed by atoms with E-state index in [0.717, 1.165) is 12.0 Å². The Hall–Kier alpha value is -1.89. The van der Waals surface area contributed by atoms with Gasteiger partial charge in [-0.25, -0.2) is 0 Å². The number of aromatic hydroxyl groups is 1. The van der Waals surface area contributed by atoms with E-state index in [2.05, 4.69) is 21.2 Å². The van der Waals surface area contributed by atoms with E-state index in [0.29, 0.717) is 28.9 Å². The average molecular weight is 378 g/mol. The molecule has 1 heterocycles. The molecule has 0 saturated carbocycles. The molecule has 23 heavy (non-hydrogen) atoms. The summed E-state index contributed by atoms with van der Waals surface area (Å²) in [6.45, 7) is 1.26. The predicted octanol–water partition coefficient (Wildman–Crippen LogP) is 3.84. The molecule has 1 fully saturated rings. The minimum atomic E-state index is -0.469. The highest BCUT2D eigenvalue weighted by atomic mass is 79.9. The number of carbonyl (C=O) groups is 1. The van der Waals surface area contributed by atoms with Gasteiger partial charge in [0.05, 0.1) is 24.5 Å². The monoisotopic (exact) mass is 377 g/mol. The van der Waals surface area contributed by atoms with E-state index < -0.39 is 6.29 Å². The van der Waals surface area contributed by atoms with Gasteiger partial charge in [0.25, 0.3) is 5.91 Å². The van der Waals surface area contributed by atoms with Crippen LogP contribution in [0.1, 0.15) is 28.6 Å². The van der Waals surface area contributed by atoms with Crippen LogP contribution in [0, 0.1) is 0 Å². The second-order valence-corrected chi connectivity index (χ2v) is 5.99. The molecule has 1 saturated heterocycles. The number of hydrogen-bond acceptors (Lipinski definition) is 4. The van der Waals surface area contributed by atoms with E-state index in [-0.39, 0.29) is 11.7 Å². The van der Waals surface area contributed by atoms with Crippen LogP contribution < -0.4 is 5.32 Å². The molecule has 1 aliphatic heterocycles. The smallest absolute Gasteiger partial charge is 0.256 e. The van der Waals surface area contributed by atoms with Gasteiger partial charge in [-0.1, -0.05) is 18.2 Å². The van der Waals surface area contributed by atoms with Gasteiger partial charge in [0.1, 0.15) is 5.75 Å².